The molecule has 4 atom stereocenters. The first-order valence-electron chi connectivity index (χ1n) is 9.18. The zero-order valence-corrected chi connectivity index (χ0v) is 18.0. The second-order valence-electron chi connectivity index (χ2n) is 7.53. The molecule has 6 heteroatoms. The Bertz CT molecular complexity index is 843. The largest absolute Gasteiger partial charge is 0.493 e. The number of benzene rings is 2. The molecule has 2 aromatic carbocycles. The van der Waals surface area contributed by atoms with Crippen molar-refractivity contribution in [2.45, 2.75) is 37.3 Å². The van der Waals surface area contributed by atoms with Crippen molar-refractivity contribution in [3.8, 4) is 5.75 Å². The van der Waals surface area contributed by atoms with Gasteiger partial charge in [-0.3, -0.25) is 0 Å². The van der Waals surface area contributed by atoms with Crippen LogP contribution >= 0.6 is 46.4 Å². The molecule has 27 heavy (non-hydrogen) atoms. The van der Waals surface area contributed by atoms with Crippen molar-refractivity contribution in [3.05, 3.63) is 62.1 Å². The second kappa shape index (κ2) is 8.00. The third kappa shape index (κ3) is 3.93. The Kier molecular flexibility index (Phi) is 5.83. The van der Waals surface area contributed by atoms with Gasteiger partial charge in [-0.15, -0.1) is 0 Å². The van der Waals surface area contributed by atoms with Gasteiger partial charge in [0.25, 0.3) is 0 Å². The summed E-state index contributed by atoms with van der Waals surface area (Å²) < 4.78 is 6.16. The van der Waals surface area contributed by atoms with Crippen molar-refractivity contribution < 1.29 is 4.74 Å². The maximum atomic E-state index is 6.30. The van der Waals surface area contributed by atoms with Crippen LogP contribution in [-0.4, -0.2) is 30.6 Å². The highest BCUT2D eigenvalue weighted by atomic mass is 35.5. The van der Waals surface area contributed by atoms with E-state index in [2.05, 4.69) is 18.0 Å². The number of nitrogens with zero attached hydrogens (tertiary/aromatic N) is 1. The summed E-state index contributed by atoms with van der Waals surface area (Å²) in [5.74, 6) is 1.52. The zero-order valence-electron chi connectivity index (χ0n) is 15.0. The highest BCUT2D eigenvalue weighted by Crippen LogP contribution is 2.47. The molecule has 0 radical (unpaired) electrons. The number of hydrogen-bond donors (Lipinski definition) is 0. The summed E-state index contributed by atoms with van der Waals surface area (Å²) in [4.78, 5) is 2.52. The number of rotatable bonds is 4. The fraction of sp³-hybridized carbons (Fsp3) is 0.429. The minimum Gasteiger partial charge on any atom is -0.493 e. The topological polar surface area (TPSA) is 12.5 Å². The first-order chi connectivity index (χ1) is 12.9. The maximum absolute atomic E-state index is 6.30. The van der Waals surface area contributed by atoms with E-state index in [4.69, 9.17) is 51.1 Å². The molecule has 0 amide bonds. The van der Waals surface area contributed by atoms with Crippen LogP contribution in [-0.2, 0) is 0 Å². The Hall–Kier alpha value is -0.640. The van der Waals surface area contributed by atoms with E-state index in [0.717, 1.165) is 12.2 Å². The molecule has 2 aliphatic rings. The summed E-state index contributed by atoms with van der Waals surface area (Å²) in [7, 11) is 2.24. The summed E-state index contributed by atoms with van der Waals surface area (Å²) in [6.45, 7) is 0.630. The van der Waals surface area contributed by atoms with Gasteiger partial charge in [-0.1, -0.05) is 52.5 Å². The molecule has 2 nitrogen and oxygen atoms in total. The van der Waals surface area contributed by atoms with Crippen LogP contribution in [0.3, 0.4) is 0 Å². The third-order valence-corrected chi connectivity index (χ3v) is 7.62. The average Bonchev–Trinajstić information content (AvgIpc) is 2.88. The Morgan fingerprint density at radius 1 is 0.926 bits per heavy atom. The van der Waals surface area contributed by atoms with Gasteiger partial charge in [0.2, 0.25) is 0 Å². The average molecular weight is 445 g/mol. The van der Waals surface area contributed by atoms with Gasteiger partial charge in [0, 0.05) is 24.1 Å². The number of ether oxygens (including phenoxy) is 1. The first-order valence-corrected chi connectivity index (χ1v) is 10.7. The van der Waals surface area contributed by atoms with Gasteiger partial charge in [-0.05, 0) is 62.1 Å². The molecular weight excluding hydrogens is 424 g/mol. The summed E-state index contributed by atoms with van der Waals surface area (Å²) in [6, 6.07) is 12.6. The fourth-order valence-corrected chi connectivity index (χ4v) is 5.28. The van der Waals surface area contributed by atoms with E-state index >= 15 is 0 Å². The molecule has 2 saturated heterocycles. The van der Waals surface area contributed by atoms with Crippen LogP contribution in [0.15, 0.2) is 36.4 Å². The predicted octanol–water partition coefficient (Wildman–Crippen LogP) is 6.95. The molecule has 0 aromatic heterocycles. The van der Waals surface area contributed by atoms with Crippen LogP contribution in [0.5, 0.6) is 5.75 Å². The van der Waals surface area contributed by atoms with E-state index in [1.54, 1.807) is 12.1 Å². The van der Waals surface area contributed by atoms with E-state index in [1.165, 1.54) is 18.4 Å². The van der Waals surface area contributed by atoms with E-state index < -0.39 is 0 Å². The molecule has 0 N–H and O–H groups in total. The normalized spacial score (nSPS) is 27.7. The minimum absolute atomic E-state index is 0.375. The molecule has 2 heterocycles. The Morgan fingerprint density at radius 2 is 1.63 bits per heavy atom. The molecular formula is C21H21Cl4NO. The highest BCUT2D eigenvalue weighted by molar-refractivity contribution is 6.42. The zero-order chi connectivity index (χ0) is 19.1. The van der Waals surface area contributed by atoms with Crippen molar-refractivity contribution in [2.75, 3.05) is 13.7 Å². The third-order valence-electron chi connectivity index (χ3n) is 6.14. The molecule has 2 fully saturated rings. The Labute approximate surface area is 180 Å². The Morgan fingerprint density at radius 3 is 2.33 bits per heavy atom. The van der Waals surface area contributed by atoms with E-state index in [-0.39, 0.29) is 0 Å². The summed E-state index contributed by atoms with van der Waals surface area (Å²) in [6.07, 6.45) is 3.55. The highest BCUT2D eigenvalue weighted by Gasteiger charge is 2.46. The monoisotopic (exact) mass is 443 g/mol. The van der Waals surface area contributed by atoms with Crippen LogP contribution in [0.4, 0.5) is 0 Å². The van der Waals surface area contributed by atoms with Gasteiger partial charge < -0.3 is 9.64 Å². The van der Waals surface area contributed by atoms with Gasteiger partial charge in [0.15, 0.2) is 0 Å². The standard InChI is InChI=1S/C21H21Cl4NO/c1-26-13-3-7-21(26)16(11-27-14-4-6-18(23)20(25)10-14)15(9-13)12-2-5-17(22)19(24)8-12/h2,4-6,8,10,13,15-16,21H,3,7,9,11H2,1H3/t13?,15-,16-,21?/m0/s1. The fourth-order valence-electron chi connectivity index (χ4n) is 4.69. The van der Waals surface area contributed by atoms with Crippen molar-refractivity contribution in [1.82, 2.24) is 4.90 Å². The van der Waals surface area contributed by atoms with Crippen LogP contribution in [0.1, 0.15) is 30.7 Å². The quantitative estimate of drug-likeness (QED) is 0.505. The SMILES string of the molecule is CN1C2CCC1[C@@H](COc1ccc(Cl)c(Cl)c1)[C@H](c1ccc(Cl)c(Cl)c1)C2. The number of piperidine rings is 1. The lowest BCUT2D eigenvalue weighted by Gasteiger charge is -2.43. The molecule has 2 aromatic rings. The summed E-state index contributed by atoms with van der Waals surface area (Å²) >= 11 is 24.6. The molecule has 0 aliphatic carbocycles. The molecule has 2 unspecified atom stereocenters. The molecule has 0 spiro atoms. The maximum Gasteiger partial charge on any atom is 0.120 e. The van der Waals surface area contributed by atoms with Gasteiger partial charge >= 0.3 is 0 Å². The van der Waals surface area contributed by atoms with Crippen LogP contribution in [0, 0.1) is 5.92 Å². The number of hydrogen-bond acceptors (Lipinski definition) is 2. The smallest absolute Gasteiger partial charge is 0.120 e. The number of fused-ring (bicyclic) bond motifs is 2. The van der Waals surface area contributed by atoms with Gasteiger partial charge in [-0.25, -0.2) is 0 Å². The van der Waals surface area contributed by atoms with Crippen LogP contribution in [0.25, 0.3) is 0 Å². The molecule has 2 aliphatic heterocycles. The molecule has 4 rings (SSSR count). The van der Waals surface area contributed by atoms with Crippen LogP contribution < -0.4 is 4.74 Å². The van der Waals surface area contributed by atoms with Crippen molar-refractivity contribution in [1.29, 1.82) is 0 Å². The van der Waals surface area contributed by atoms with Crippen LogP contribution in [0.2, 0.25) is 20.1 Å². The van der Waals surface area contributed by atoms with E-state index in [0.29, 0.717) is 50.6 Å². The Balaban J connectivity index is 1.59. The second-order valence-corrected chi connectivity index (χ2v) is 9.16. The lowest BCUT2D eigenvalue weighted by Crippen LogP contribution is -2.47. The van der Waals surface area contributed by atoms with Crippen molar-refractivity contribution in [2.24, 2.45) is 5.92 Å². The van der Waals surface area contributed by atoms with Gasteiger partial charge in [0.05, 0.1) is 26.7 Å². The lowest BCUT2D eigenvalue weighted by atomic mass is 9.76. The van der Waals surface area contributed by atoms with Gasteiger partial charge in [0.1, 0.15) is 5.75 Å². The summed E-state index contributed by atoms with van der Waals surface area (Å²) in [5.41, 5.74) is 1.25. The van der Waals surface area contributed by atoms with Gasteiger partial charge in [-0.2, -0.15) is 0 Å². The molecule has 144 valence electrons. The van der Waals surface area contributed by atoms with Crippen molar-refractivity contribution in [3.63, 3.8) is 0 Å². The minimum atomic E-state index is 0.375. The summed E-state index contributed by atoms with van der Waals surface area (Å²) in [5, 5.41) is 2.26. The first kappa shape index (κ1) is 19.7. The van der Waals surface area contributed by atoms with E-state index in [1.807, 2.05) is 18.2 Å². The predicted molar refractivity (Wildman–Crippen MR) is 114 cm³/mol. The van der Waals surface area contributed by atoms with Crippen molar-refractivity contribution >= 4 is 46.4 Å². The molecule has 2 bridgehead atoms. The van der Waals surface area contributed by atoms with E-state index in [9.17, 15) is 0 Å². The lowest BCUT2D eigenvalue weighted by molar-refractivity contribution is 0.0666. The molecule has 0 saturated carbocycles. The number of halogens is 4.